The van der Waals surface area contributed by atoms with Crippen LogP contribution >= 0.6 is 0 Å². The van der Waals surface area contributed by atoms with Gasteiger partial charge in [-0.2, -0.15) is 0 Å². The highest BCUT2D eigenvalue weighted by atomic mass is 16.5. The van der Waals surface area contributed by atoms with Crippen LogP contribution in [-0.2, 0) is 6.42 Å². The Morgan fingerprint density at radius 2 is 1.92 bits per heavy atom. The van der Waals surface area contributed by atoms with Crippen molar-refractivity contribution < 1.29 is 4.74 Å². The maximum absolute atomic E-state index is 5.25. The molecule has 0 radical (unpaired) electrons. The monoisotopic (exact) mass is 178 g/mol. The molecule has 0 atom stereocenters. The van der Waals surface area contributed by atoms with Gasteiger partial charge in [0.25, 0.3) is 0 Å². The molecule has 1 aromatic carbocycles. The summed E-state index contributed by atoms with van der Waals surface area (Å²) in [5.41, 5.74) is 2.71. The summed E-state index contributed by atoms with van der Waals surface area (Å²) in [5.74, 6) is 1.54. The van der Waals surface area contributed by atoms with Crippen molar-refractivity contribution in [2.24, 2.45) is 0 Å². The van der Waals surface area contributed by atoms with Gasteiger partial charge in [0.1, 0.15) is 5.75 Å². The molecule has 0 saturated carbocycles. The molecule has 0 aliphatic heterocycles. The number of benzene rings is 1. The lowest BCUT2D eigenvalue weighted by atomic mass is 9.99. The van der Waals surface area contributed by atoms with Gasteiger partial charge in [-0.15, -0.1) is 0 Å². The third-order valence-electron chi connectivity index (χ3n) is 2.30. The van der Waals surface area contributed by atoms with E-state index in [1.807, 2.05) is 0 Å². The van der Waals surface area contributed by atoms with Gasteiger partial charge in [0.05, 0.1) is 7.11 Å². The van der Waals surface area contributed by atoms with Crippen LogP contribution in [0.2, 0.25) is 0 Å². The fraction of sp³-hybridized carbons (Fsp3) is 0.500. The van der Waals surface area contributed by atoms with E-state index in [4.69, 9.17) is 4.74 Å². The number of aryl methyl sites for hydroxylation is 1. The van der Waals surface area contributed by atoms with E-state index in [0.29, 0.717) is 5.92 Å². The van der Waals surface area contributed by atoms with Crippen LogP contribution in [0.15, 0.2) is 18.2 Å². The van der Waals surface area contributed by atoms with Gasteiger partial charge in [0.15, 0.2) is 0 Å². The largest absolute Gasteiger partial charge is 0.497 e. The lowest BCUT2D eigenvalue weighted by Crippen LogP contribution is -1.93. The van der Waals surface area contributed by atoms with Crippen molar-refractivity contribution in [1.82, 2.24) is 0 Å². The number of ether oxygens (including phenoxy) is 1. The van der Waals surface area contributed by atoms with Crippen LogP contribution in [0.4, 0.5) is 0 Å². The standard InChI is InChI=1S/C12H18O/c1-5-10-6-11(9(2)3)8-12(7-10)13-4/h6-9H,5H2,1-4H3. The summed E-state index contributed by atoms with van der Waals surface area (Å²) in [4.78, 5) is 0. The van der Waals surface area contributed by atoms with Crippen molar-refractivity contribution in [2.75, 3.05) is 7.11 Å². The molecule has 1 aromatic rings. The Kier molecular flexibility index (Phi) is 3.35. The maximum atomic E-state index is 5.25. The van der Waals surface area contributed by atoms with Gasteiger partial charge in [0.2, 0.25) is 0 Å². The lowest BCUT2D eigenvalue weighted by Gasteiger charge is -2.10. The summed E-state index contributed by atoms with van der Waals surface area (Å²) in [6.45, 7) is 6.57. The van der Waals surface area contributed by atoms with Crippen LogP contribution < -0.4 is 4.74 Å². The first-order valence-electron chi connectivity index (χ1n) is 4.85. The first-order valence-corrected chi connectivity index (χ1v) is 4.85. The first-order chi connectivity index (χ1) is 6.17. The van der Waals surface area contributed by atoms with Gasteiger partial charge in [-0.25, -0.2) is 0 Å². The SMILES string of the molecule is CCc1cc(OC)cc(C(C)C)c1. The Labute approximate surface area is 80.7 Å². The van der Waals surface area contributed by atoms with Crippen LogP contribution in [-0.4, -0.2) is 7.11 Å². The zero-order valence-electron chi connectivity index (χ0n) is 8.92. The zero-order valence-corrected chi connectivity index (χ0v) is 8.92. The quantitative estimate of drug-likeness (QED) is 0.689. The van der Waals surface area contributed by atoms with Crippen molar-refractivity contribution in [3.63, 3.8) is 0 Å². The van der Waals surface area contributed by atoms with E-state index in [-0.39, 0.29) is 0 Å². The highest BCUT2D eigenvalue weighted by Crippen LogP contribution is 2.22. The average Bonchev–Trinajstić information content (AvgIpc) is 2.16. The molecule has 0 amide bonds. The third-order valence-corrected chi connectivity index (χ3v) is 2.30. The molecule has 0 heterocycles. The molecular weight excluding hydrogens is 160 g/mol. The van der Waals surface area contributed by atoms with Crippen molar-refractivity contribution in [2.45, 2.75) is 33.1 Å². The van der Waals surface area contributed by atoms with E-state index in [0.717, 1.165) is 12.2 Å². The van der Waals surface area contributed by atoms with Gasteiger partial charge in [0, 0.05) is 0 Å². The second-order valence-electron chi connectivity index (χ2n) is 3.62. The summed E-state index contributed by atoms with van der Waals surface area (Å²) in [6.07, 6.45) is 1.07. The van der Waals surface area contributed by atoms with E-state index in [2.05, 4.69) is 39.0 Å². The highest BCUT2D eigenvalue weighted by molar-refractivity contribution is 5.35. The van der Waals surface area contributed by atoms with Crippen LogP contribution in [0.5, 0.6) is 5.75 Å². The predicted molar refractivity (Wildman–Crippen MR) is 56.5 cm³/mol. The Morgan fingerprint density at radius 1 is 1.23 bits per heavy atom. The van der Waals surface area contributed by atoms with E-state index in [1.54, 1.807) is 7.11 Å². The van der Waals surface area contributed by atoms with Gasteiger partial charge >= 0.3 is 0 Å². The van der Waals surface area contributed by atoms with Gasteiger partial charge in [-0.05, 0) is 35.6 Å². The van der Waals surface area contributed by atoms with Crippen LogP contribution in [0.25, 0.3) is 0 Å². The summed E-state index contributed by atoms with van der Waals surface area (Å²) in [6, 6.07) is 6.48. The highest BCUT2D eigenvalue weighted by Gasteiger charge is 2.03. The second-order valence-corrected chi connectivity index (χ2v) is 3.62. The molecule has 1 nitrogen and oxygen atoms in total. The van der Waals surface area contributed by atoms with Gasteiger partial charge < -0.3 is 4.74 Å². The minimum absolute atomic E-state index is 0.570. The van der Waals surface area contributed by atoms with E-state index >= 15 is 0 Å². The Morgan fingerprint density at radius 3 is 2.38 bits per heavy atom. The number of rotatable bonds is 3. The number of hydrogen-bond donors (Lipinski definition) is 0. The average molecular weight is 178 g/mol. The van der Waals surface area contributed by atoms with Crippen molar-refractivity contribution >= 4 is 0 Å². The predicted octanol–water partition coefficient (Wildman–Crippen LogP) is 3.38. The number of hydrogen-bond acceptors (Lipinski definition) is 1. The van der Waals surface area contributed by atoms with Crippen LogP contribution in [0.3, 0.4) is 0 Å². The van der Waals surface area contributed by atoms with Crippen LogP contribution in [0.1, 0.15) is 37.8 Å². The molecule has 0 spiro atoms. The normalized spacial score (nSPS) is 10.5. The molecule has 0 saturated heterocycles. The summed E-state index contributed by atoms with van der Waals surface area (Å²) in [5, 5.41) is 0. The Bertz CT molecular complexity index is 254. The topological polar surface area (TPSA) is 9.23 Å². The summed E-state index contributed by atoms with van der Waals surface area (Å²) < 4.78 is 5.25. The van der Waals surface area contributed by atoms with Gasteiger partial charge in [-0.3, -0.25) is 0 Å². The van der Waals surface area contributed by atoms with E-state index < -0.39 is 0 Å². The molecule has 1 rings (SSSR count). The fourth-order valence-corrected chi connectivity index (χ4v) is 1.34. The van der Waals surface area contributed by atoms with Crippen molar-refractivity contribution in [1.29, 1.82) is 0 Å². The maximum Gasteiger partial charge on any atom is 0.119 e. The first kappa shape index (κ1) is 10.1. The third kappa shape index (κ3) is 2.48. The summed E-state index contributed by atoms with van der Waals surface area (Å²) in [7, 11) is 1.72. The minimum atomic E-state index is 0.570. The van der Waals surface area contributed by atoms with E-state index in [1.165, 1.54) is 11.1 Å². The van der Waals surface area contributed by atoms with Crippen LogP contribution in [0, 0.1) is 0 Å². The Hall–Kier alpha value is -0.980. The molecule has 0 aromatic heterocycles. The molecule has 0 unspecified atom stereocenters. The fourth-order valence-electron chi connectivity index (χ4n) is 1.34. The van der Waals surface area contributed by atoms with Crippen molar-refractivity contribution in [3.05, 3.63) is 29.3 Å². The van der Waals surface area contributed by atoms with Gasteiger partial charge in [-0.1, -0.05) is 26.8 Å². The molecule has 0 bridgehead atoms. The molecule has 72 valence electrons. The summed E-state index contributed by atoms with van der Waals surface area (Å²) >= 11 is 0. The molecule has 0 fully saturated rings. The molecule has 0 N–H and O–H groups in total. The number of methoxy groups -OCH3 is 1. The minimum Gasteiger partial charge on any atom is -0.497 e. The second kappa shape index (κ2) is 4.31. The molecular formula is C12H18O. The molecule has 1 heteroatoms. The van der Waals surface area contributed by atoms with Crippen molar-refractivity contribution in [3.8, 4) is 5.75 Å². The zero-order chi connectivity index (χ0) is 9.84. The molecule has 0 aliphatic rings. The lowest BCUT2D eigenvalue weighted by molar-refractivity contribution is 0.413. The van der Waals surface area contributed by atoms with E-state index in [9.17, 15) is 0 Å². The Balaban J connectivity index is 3.07. The smallest absolute Gasteiger partial charge is 0.119 e. The molecule has 0 aliphatic carbocycles. The molecule has 13 heavy (non-hydrogen) atoms.